The standard InChI is InChI=1S/C10H9ClFO2S/c1-2-14-10(13)6-15-9-4-3-7(12)5-8(9)11/h4-5H,2,6H2,1H3. The van der Waals surface area contributed by atoms with Gasteiger partial charge in [0.1, 0.15) is 5.82 Å². The van der Waals surface area contributed by atoms with Gasteiger partial charge < -0.3 is 4.74 Å². The van der Waals surface area contributed by atoms with Crippen molar-refractivity contribution < 1.29 is 13.9 Å². The summed E-state index contributed by atoms with van der Waals surface area (Å²) in [6, 6.07) is 4.95. The van der Waals surface area contributed by atoms with Crippen LogP contribution in [0.1, 0.15) is 6.92 Å². The molecule has 0 aliphatic heterocycles. The van der Waals surface area contributed by atoms with Gasteiger partial charge in [-0.05, 0) is 19.1 Å². The van der Waals surface area contributed by atoms with Gasteiger partial charge in [-0.25, -0.2) is 4.39 Å². The van der Waals surface area contributed by atoms with Gasteiger partial charge in [-0.2, -0.15) is 0 Å². The fourth-order valence-electron chi connectivity index (χ4n) is 0.877. The Morgan fingerprint density at radius 3 is 3.07 bits per heavy atom. The Morgan fingerprint density at radius 2 is 2.47 bits per heavy atom. The number of esters is 1. The van der Waals surface area contributed by atoms with E-state index in [9.17, 15) is 9.18 Å². The fraction of sp³-hybridized carbons (Fsp3) is 0.300. The summed E-state index contributed by atoms with van der Waals surface area (Å²) in [7, 11) is 0. The molecule has 0 saturated carbocycles. The molecule has 0 spiro atoms. The fourth-order valence-corrected chi connectivity index (χ4v) is 1.89. The van der Waals surface area contributed by atoms with Crippen molar-refractivity contribution in [3.05, 3.63) is 29.0 Å². The van der Waals surface area contributed by atoms with Gasteiger partial charge in [-0.1, -0.05) is 11.6 Å². The lowest BCUT2D eigenvalue weighted by Gasteiger charge is -2.03. The molecule has 0 aromatic heterocycles. The monoisotopic (exact) mass is 247 g/mol. The maximum absolute atomic E-state index is 12.6. The van der Waals surface area contributed by atoms with Crippen LogP contribution in [0.3, 0.4) is 0 Å². The highest BCUT2D eigenvalue weighted by Crippen LogP contribution is 2.27. The topological polar surface area (TPSA) is 26.3 Å². The Labute approximate surface area is 96.8 Å². The minimum Gasteiger partial charge on any atom is -0.465 e. The lowest BCUT2D eigenvalue weighted by molar-refractivity contribution is -0.139. The predicted molar refractivity (Wildman–Crippen MR) is 57.6 cm³/mol. The van der Waals surface area contributed by atoms with Gasteiger partial charge in [-0.15, -0.1) is 11.8 Å². The summed E-state index contributed by atoms with van der Waals surface area (Å²) in [5.74, 6) is -0.670. The van der Waals surface area contributed by atoms with Gasteiger partial charge in [-0.3, -0.25) is 4.79 Å². The molecule has 0 aliphatic carbocycles. The molecule has 1 aromatic carbocycles. The number of rotatable bonds is 4. The largest absolute Gasteiger partial charge is 0.465 e. The van der Waals surface area contributed by atoms with Crippen molar-refractivity contribution in [2.75, 3.05) is 12.4 Å². The van der Waals surface area contributed by atoms with Crippen molar-refractivity contribution in [3.63, 3.8) is 0 Å². The maximum atomic E-state index is 12.6. The van der Waals surface area contributed by atoms with E-state index in [1.165, 1.54) is 17.8 Å². The van der Waals surface area contributed by atoms with E-state index in [0.29, 0.717) is 11.5 Å². The molecule has 5 heteroatoms. The van der Waals surface area contributed by atoms with Crippen molar-refractivity contribution in [2.24, 2.45) is 0 Å². The third-order valence-electron chi connectivity index (χ3n) is 1.48. The molecule has 0 unspecified atom stereocenters. The first-order valence-electron chi connectivity index (χ1n) is 4.28. The zero-order valence-corrected chi connectivity index (χ0v) is 9.62. The highest BCUT2D eigenvalue weighted by molar-refractivity contribution is 8.00. The highest BCUT2D eigenvalue weighted by atomic mass is 35.5. The zero-order valence-electron chi connectivity index (χ0n) is 8.05. The Morgan fingerprint density at radius 1 is 1.73 bits per heavy atom. The molecule has 81 valence electrons. The van der Waals surface area contributed by atoms with E-state index in [1.807, 2.05) is 0 Å². The van der Waals surface area contributed by atoms with Crippen LogP contribution in [0.2, 0.25) is 5.02 Å². The number of carbonyl (C=O) groups is 1. The summed E-state index contributed by atoms with van der Waals surface area (Å²) in [4.78, 5) is 11.6. The quantitative estimate of drug-likeness (QED) is 0.605. The zero-order chi connectivity index (χ0) is 11.3. The van der Waals surface area contributed by atoms with Crippen molar-refractivity contribution in [2.45, 2.75) is 11.8 Å². The number of ether oxygens (including phenoxy) is 1. The summed E-state index contributed by atoms with van der Waals surface area (Å²) < 4.78 is 17.4. The molecule has 0 atom stereocenters. The van der Waals surface area contributed by atoms with Crippen LogP contribution >= 0.6 is 23.4 Å². The number of carbonyl (C=O) groups excluding carboxylic acids is 1. The molecule has 0 fully saturated rings. The first kappa shape index (κ1) is 12.3. The van der Waals surface area contributed by atoms with E-state index in [4.69, 9.17) is 16.3 Å². The van der Waals surface area contributed by atoms with E-state index in [-0.39, 0.29) is 16.7 Å². The van der Waals surface area contributed by atoms with Crippen LogP contribution in [0.4, 0.5) is 4.39 Å². The van der Waals surface area contributed by atoms with E-state index < -0.39 is 5.82 Å². The number of hydrogen-bond donors (Lipinski definition) is 0. The number of thioether (sulfide) groups is 1. The van der Waals surface area contributed by atoms with Crippen molar-refractivity contribution >= 4 is 29.3 Å². The van der Waals surface area contributed by atoms with Crippen LogP contribution in [0.25, 0.3) is 0 Å². The molecular formula is C10H9ClFO2S. The van der Waals surface area contributed by atoms with Gasteiger partial charge >= 0.3 is 5.97 Å². The van der Waals surface area contributed by atoms with E-state index in [2.05, 4.69) is 6.07 Å². The minimum atomic E-state index is -0.513. The van der Waals surface area contributed by atoms with Crippen LogP contribution in [0, 0.1) is 11.9 Å². The molecule has 1 rings (SSSR count). The number of halogens is 2. The summed E-state index contributed by atoms with van der Waals surface area (Å²) in [5.41, 5.74) is 0. The first-order chi connectivity index (χ1) is 7.13. The average Bonchev–Trinajstić information content (AvgIpc) is 2.17. The smallest absolute Gasteiger partial charge is 0.316 e. The minimum absolute atomic E-state index is 0.160. The summed E-state index contributed by atoms with van der Waals surface area (Å²) in [6.45, 7) is 2.09. The SMILES string of the molecule is CCOC(=O)CSc1c[c]c(F)cc1Cl. The van der Waals surface area contributed by atoms with E-state index >= 15 is 0 Å². The molecular weight excluding hydrogens is 239 g/mol. The van der Waals surface area contributed by atoms with Gasteiger partial charge in [0.2, 0.25) is 0 Å². The molecule has 15 heavy (non-hydrogen) atoms. The van der Waals surface area contributed by atoms with Gasteiger partial charge in [0.05, 0.1) is 17.4 Å². The van der Waals surface area contributed by atoms with Crippen molar-refractivity contribution in [3.8, 4) is 0 Å². The van der Waals surface area contributed by atoms with Crippen molar-refractivity contribution in [1.82, 2.24) is 0 Å². The molecule has 0 saturated heterocycles. The second kappa shape index (κ2) is 5.98. The second-order valence-electron chi connectivity index (χ2n) is 2.59. The Balaban J connectivity index is 2.54. The molecule has 2 nitrogen and oxygen atoms in total. The Kier molecular flexibility index (Phi) is 4.91. The molecule has 0 N–H and O–H groups in total. The van der Waals surface area contributed by atoms with Crippen LogP contribution in [-0.2, 0) is 9.53 Å². The molecule has 0 aliphatic rings. The maximum Gasteiger partial charge on any atom is 0.316 e. The molecule has 1 aromatic rings. The Hall–Kier alpha value is -0.740. The molecule has 1 radical (unpaired) electrons. The van der Waals surface area contributed by atoms with Gasteiger partial charge in [0.15, 0.2) is 0 Å². The third-order valence-corrected chi connectivity index (χ3v) is 2.93. The first-order valence-corrected chi connectivity index (χ1v) is 5.65. The summed E-state index contributed by atoms with van der Waals surface area (Å²) >= 11 is 6.96. The number of hydrogen-bond acceptors (Lipinski definition) is 3. The average molecular weight is 248 g/mol. The molecule has 0 amide bonds. The normalized spacial score (nSPS) is 10.1. The van der Waals surface area contributed by atoms with Crippen LogP contribution < -0.4 is 0 Å². The van der Waals surface area contributed by atoms with Crippen LogP contribution in [0.15, 0.2) is 17.0 Å². The molecule has 0 heterocycles. The summed E-state index contributed by atoms with van der Waals surface area (Å²) in [6.07, 6.45) is 0. The van der Waals surface area contributed by atoms with Crippen molar-refractivity contribution in [1.29, 1.82) is 0 Å². The van der Waals surface area contributed by atoms with Gasteiger partial charge in [0.25, 0.3) is 0 Å². The summed E-state index contributed by atoms with van der Waals surface area (Å²) in [5, 5.41) is 0.278. The van der Waals surface area contributed by atoms with Gasteiger partial charge in [0, 0.05) is 11.0 Å². The lowest BCUT2D eigenvalue weighted by atomic mass is 10.3. The second-order valence-corrected chi connectivity index (χ2v) is 4.01. The predicted octanol–water partition coefficient (Wildman–Crippen LogP) is 2.93. The van der Waals surface area contributed by atoms with Crippen LogP contribution in [0.5, 0.6) is 0 Å². The third kappa shape index (κ3) is 4.10. The van der Waals surface area contributed by atoms with Crippen LogP contribution in [-0.4, -0.2) is 18.3 Å². The highest BCUT2D eigenvalue weighted by Gasteiger charge is 2.07. The van der Waals surface area contributed by atoms with E-state index in [1.54, 1.807) is 6.92 Å². The Bertz CT molecular complexity index is 357. The lowest BCUT2D eigenvalue weighted by Crippen LogP contribution is -2.06. The van der Waals surface area contributed by atoms with E-state index in [0.717, 1.165) is 6.07 Å². The number of benzene rings is 1. The molecule has 0 bridgehead atoms.